The van der Waals surface area contributed by atoms with E-state index in [-0.39, 0.29) is 0 Å². The Bertz CT molecular complexity index is 437. The second-order valence-electron chi connectivity index (χ2n) is 5.02. The first kappa shape index (κ1) is 15.8. The molecule has 1 heterocycles. The van der Waals surface area contributed by atoms with Crippen LogP contribution in [0.25, 0.3) is 0 Å². The molecule has 2 N–H and O–H groups in total. The maximum atomic E-state index is 5.55. The van der Waals surface area contributed by atoms with E-state index in [2.05, 4.69) is 32.5 Å². The van der Waals surface area contributed by atoms with Crippen LogP contribution >= 0.6 is 0 Å². The number of nitrogens with one attached hydrogen (secondary N) is 2. The third-order valence-corrected chi connectivity index (χ3v) is 3.25. The molecule has 0 atom stereocenters. The fourth-order valence-corrected chi connectivity index (χ4v) is 2.17. The quantitative estimate of drug-likeness (QED) is 0.721. The highest BCUT2D eigenvalue weighted by Gasteiger charge is 2.30. The fourth-order valence-electron chi connectivity index (χ4n) is 2.17. The summed E-state index contributed by atoms with van der Waals surface area (Å²) in [5, 5.41) is 6.49. The molecule has 2 rings (SSSR count). The normalized spacial score (nSPS) is 20.7. The van der Waals surface area contributed by atoms with Gasteiger partial charge < -0.3 is 20.1 Å². The molecule has 7 nitrogen and oxygen atoms in total. The summed E-state index contributed by atoms with van der Waals surface area (Å²) in [4.78, 5) is 12.9. The third-order valence-electron chi connectivity index (χ3n) is 3.25. The van der Waals surface area contributed by atoms with Gasteiger partial charge in [-0.2, -0.15) is 15.0 Å². The molecule has 1 saturated carbocycles. The summed E-state index contributed by atoms with van der Waals surface area (Å²) in [6, 6.07) is 0.715. The van der Waals surface area contributed by atoms with E-state index in [1.807, 2.05) is 13.8 Å². The van der Waals surface area contributed by atoms with Gasteiger partial charge in [-0.25, -0.2) is 0 Å². The largest absolute Gasteiger partial charge is 0.464 e. The molecule has 0 radical (unpaired) electrons. The van der Waals surface area contributed by atoms with Crippen molar-refractivity contribution >= 4 is 11.9 Å². The van der Waals surface area contributed by atoms with Crippen molar-refractivity contribution in [3.05, 3.63) is 0 Å². The standard InChI is InChI=1S/C14H25N5O2/c1-4-7-15-12-17-13(19-14(18-12)21-6-3)16-10-8-11(9-10)20-5-2/h10-11H,4-9H2,1-3H3,(H2,15,16,17,18,19). The molecule has 1 fully saturated rings. The summed E-state index contributed by atoms with van der Waals surface area (Å²) in [7, 11) is 0. The summed E-state index contributed by atoms with van der Waals surface area (Å²) in [5.74, 6) is 1.12. The van der Waals surface area contributed by atoms with Crippen LogP contribution in [0.2, 0.25) is 0 Å². The SMILES string of the molecule is CCCNc1nc(NC2CC(OCC)C2)nc(OCC)n1. The van der Waals surface area contributed by atoms with Crippen molar-refractivity contribution in [2.75, 3.05) is 30.4 Å². The van der Waals surface area contributed by atoms with Crippen molar-refractivity contribution in [1.29, 1.82) is 0 Å². The van der Waals surface area contributed by atoms with Crippen LogP contribution in [0.4, 0.5) is 11.9 Å². The van der Waals surface area contributed by atoms with Crippen molar-refractivity contribution in [1.82, 2.24) is 15.0 Å². The Hall–Kier alpha value is -1.63. The smallest absolute Gasteiger partial charge is 0.323 e. The minimum absolute atomic E-state index is 0.356. The molecule has 0 spiro atoms. The molecule has 0 bridgehead atoms. The van der Waals surface area contributed by atoms with Crippen molar-refractivity contribution in [2.45, 2.75) is 52.2 Å². The van der Waals surface area contributed by atoms with Gasteiger partial charge in [-0.15, -0.1) is 0 Å². The highest BCUT2D eigenvalue weighted by atomic mass is 16.5. The molecule has 7 heteroatoms. The van der Waals surface area contributed by atoms with E-state index >= 15 is 0 Å². The molecule has 0 saturated heterocycles. The van der Waals surface area contributed by atoms with Gasteiger partial charge in [0.15, 0.2) is 0 Å². The average Bonchev–Trinajstić information content (AvgIpc) is 2.43. The Kier molecular flexibility index (Phi) is 5.98. The Morgan fingerprint density at radius 3 is 2.48 bits per heavy atom. The second-order valence-corrected chi connectivity index (χ2v) is 5.02. The molecule has 0 aromatic carbocycles. The van der Waals surface area contributed by atoms with Gasteiger partial charge in [0, 0.05) is 19.2 Å². The Morgan fingerprint density at radius 1 is 1.05 bits per heavy atom. The van der Waals surface area contributed by atoms with Gasteiger partial charge >= 0.3 is 6.01 Å². The zero-order chi connectivity index (χ0) is 15.1. The van der Waals surface area contributed by atoms with Crippen molar-refractivity contribution in [2.24, 2.45) is 0 Å². The van der Waals surface area contributed by atoms with Crippen molar-refractivity contribution in [3.8, 4) is 6.01 Å². The molecule has 1 aliphatic carbocycles. The molecule has 1 aliphatic rings. The van der Waals surface area contributed by atoms with Crippen LogP contribution in [0.5, 0.6) is 6.01 Å². The van der Waals surface area contributed by atoms with Gasteiger partial charge in [0.1, 0.15) is 0 Å². The van der Waals surface area contributed by atoms with Crippen LogP contribution in [-0.2, 0) is 4.74 Å². The van der Waals surface area contributed by atoms with Crippen LogP contribution in [0.1, 0.15) is 40.0 Å². The molecule has 118 valence electrons. The highest BCUT2D eigenvalue weighted by Crippen LogP contribution is 2.26. The van der Waals surface area contributed by atoms with Crippen LogP contribution in [0, 0.1) is 0 Å². The molecule has 0 aliphatic heterocycles. The predicted molar refractivity (Wildman–Crippen MR) is 81.8 cm³/mol. The molecule has 21 heavy (non-hydrogen) atoms. The molecule has 0 amide bonds. The minimum Gasteiger partial charge on any atom is -0.464 e. The van der Waals surface area contributed by atoms with Crippen molar-refractivity contribution in [3.63, 3.8) is 0 Å². The first-order valence-corrected chi connectivity index (χ1v) is 7.76. The lowest BCUT2D eigenvalue weighted by atomic mass is 9.89. The summed E-state index contributed by atoms with van der Waals surface area (Å²) in [6.45, 7) is 8.15. The minimum atomic E-state index is 0.356. The van der Waals surface area contributed by atoms with Crippen LogP contribution < -0.4 is 15.4 Å². The number of nitrogens with zero attached hydrogens (tertiary/aromatic N) is 3. The lowest BCUT2D eigenvalue weighted by molar-refractivity contribution is 0.00284. The van der Waals surface area contributed by atoms with Gasteiger partial charge in [-0.05, 0) is 33.1 Å². The number of ether oxygens (including phenoxy) is 2. The zero-order valence-corrected chi connectivity index (χ0v) is 13.1. The topological polar surface area (TPSA) is 81.2 Å². The fraction of sp³-hybridized carbons (Fsp3) is 0.786. The van der Waals surface area contributed by atoms with Crippen LogP contribution in [-0.4, -0.2) is 46.9 Å². The molecule has 1 aromatic rings. The van der Waals surface area contributed by atoms with E-state index in [1.165, 1.54) is 0 Å². The monoisotopic (exact) mass is 295 g/mol. The molecular formula is C14H25N5O2. The number of anilines is 2. The van der Waals surface area contributed by atoms with Gasteiger partial charge in [-0.1, -0.05) is 6.92 Å². The first-order chi connectivity index (χ1) is 10.2. The number of hydrogen-bond donors (Lipinski definition) is 2. The van der Waals surface area contributed by atoms with E-state index < -0.39 is 0 Å². The first-order valence-electron chi connectivity index (χ1n) is 7.76. The Labute approximate surface area is 125 Å². The number of hydrogen-bond acceptors (Lipinski definition) is 7. The Morgan fingerprint density at radius 2 is 1.81 bits per heavy atom. The van der Waals surface area contributed by atoms with E-state index in [4.69, 9.17) is 9.47 Å². The lowest BCUT2D eigenvalue weighted by Gasteiger charge is -2.35. The zero-order valence-electron chi connectivity index (χ0n) is 13.1. The Balaban J connectivity index is 1.95. The maximum Gasteiger partial charge on any atom is 0.323 e. The van der Waals surface area contributed by atoms with Crippen molar-refractivity contribution < 1.29 is 9.47 Å². The average molecular weight is 295 g/mol. The maximum absolute atomic E-state index is 5.55. The number of aromatic nitrogens is 3. The molecule has 0 unspecified atom stereocenters. The summed E-state index contributed by atoms with van der Waals surface area (Å²) in [6.07, 6.45) is 3.35. The van der Waals surface area contributed by atoms with E-state index in [0.29, 0.717) is 36.7 Å². The second kappa shape index (κ2) is 7.97. The van der Waals surface area contributed by atoms with Gasteiger partial charge in [0.25, 0.3) is 0 Å². The lowest BCUT2D eigenvalue weighted by Crippen LogP contribution is -2.41. The van der Waals surface area contributed by atoms with E-state index in [0.717, 1.165) is 32.4 Å². The summed E-state index contributed by atoms with van der Waals surface area (Å²) < 4.78 is 10.9. The van der Waals surface area contributed by atoms with E-state index in [1.54, 1.807) is 0 Å². The third kappa shape index (κ3) is 4.70. The molecular weight excluding hydrogens is 270 g/mol. The van der Waals surface area contributed by atoms with Gasteiger partial charge in [-0.3, -0.25) is 0 Å². The molecule has 1 aromatic heterocycles. The number of rotatable bonds is 9. The van der Waals surface area contributed by atoms with Crippen LogP contribution in [0.15, 0.2) is 0 Å². The van der Waals surface area contributed by atoms with E-state index in [9.17, 15) is 0 Å². The summed E-state index contributed by atoms with van der Waals surface area (Å²) >= 11 is 0. The summed E-state index contributed by atoms with van der Waals surface area (Å²) in [5.41, 5.74) is 0. The van der Waals surface area contributed by atoms with Crippen LogP contribution in [0.3, 0.4) is 0 Å². The van der Waals surface area contributed by atoms with Gasteiger partial charge in [0.2, 0.25) is 11.9 Å². The highest BCUT2D eigenvalue weighted by molar-refractivity contribution is 5.37. The van der Waals surface area contributed by atoms with Gasteiger partial charge in [0.05, 0.1) is 12.7 Å². The predicted octanol–water partition coefficient (Wildman–Crippen LogP) is 2.07.